The zero-order valence-corrected chi connectivity index (χ0v) is 19.5. The fourth-order valence-electron chi connectivity index (χ4n) is 3.85. The Hall–Kier alpha value is -2.77. The van der Waals surface area contributed by atoms with Gasteiger partial charge in [-0.15, -0.1) is 0 Å². The van der Waals surface area contributed by atoms with Crippen molar-refractivity contribution >= 4 is 11.6 Å². The monoisotopic (exact) mass is 440 g/mol. The van der Waals surface area contributed by atoms with E-state index in [0.717, 1.165) is 56.7 Å². The van der Waals surface area contributed by atoms with E-state index in [0.29, 0.717) is 19.8 Å². The maximum Gasteiger partial charge on any atom is 0.194 e. The Bertz CT molecular complexity index is 851. The highest BCUT2D eigenvalue weighted by atomic mass is 16.5. The molecule has 1 fully saturated rings. The molecule has 0 aromatic heterocycles. The van der Waals surface area contributed by atoms with E-state index >= 15 is 0 Å². The van der Waals surface area contributed by atoms with Crippen molar-refractivity contribution in [3.8, 4) is 5.75 Å². The van der Waals surface area contributed by atoms with Crippen LogP contribution in [0, 0.1) is 0 Å². The summed E-state index contributed by atoms with van der Waals surface area (Å²) in [6.07, 6.45) is 0. The number of rotatable bonds is 10. The van der Waals surface area contributed by atoms with Crippen LogP contribution in [0.3, 0.4) is 0 Å². The van der Waals surface area contributed by atoms with Crippen LogP contribution in [0.2, 0.25) is 0 Å². The average Bonchev–Trinajstić information content (AvgIpc) is 2.85. The predicted molar refractivity (Wildman–Crippen MR) is 130 cm³/mol. The molecule has 0 amide bonds. The summed E-state index contributed by atoms with van der Waals surface area (Å²) in [5, 5.41) is 3.52. The number of anilines is 1. The summed E-state index contributed by atoms with van der Waals surface area (Å²) >= 11 is 0. The van der Waals surface area contributed by atoms with Gasteiger partial charge in [0.05, 0.1) is 32.6 Å². The van der Waals surface area contributed by atoms with Crippen molar-refractivity contribution in [2.24, 2.45) is 4.99 Å². The number of nitrogens with zero attached hydrogens (tertiary/aromatic N) is 3. The Morgan fingerprint density at radius 2 is 1.72 bits per heavy atom. The number of hydrogen-bond acceptors (Lipinski definition) is 5. The van der Waals surface area contributed by atoms with E-state index in [9.17, 15) is 0 Å². The summed E-state index contributed by atoms with van der Waals surface area (Å²) in [7, 11) is 3.57. The van der Waals surface area contributed by atoms with Gasteiger partial charge in [-0.1, -0.05) is 36.4 Å². The molecule has 7 nitrogen and oxygen atoms in total. The third-order valence-corrected chi connectivity index (χ3v) is 5.50. The largest absolute Gasteiger partial charge is 0.495 e. The molecule has 7 heteroatoms. The van der Waals surface area contributed by atoms with Crippen molar-refractivity contribution in [2.45, 2.75) is 20.1 Å². The first kappa shape index (κ1) is 23.9. The first-order valence-electron chi connectivity index (χ1n) is 11.3. The molecule has 0 aliphatic carbocycles. The summed E-state index contributed by atoms with van der Waals surface area (Å²) in [4.78, 5) is 9.19. The number of benzene rings is 2. The molecule has 0 radical (unpaired) electrons. The quantitative estimate of drug-likeness (QED) is 0.348. The molecular formula is C25H36N4O3. The number of para-hydroxylation sites is 2. The van der Waals surface area contributed by atoms with Gasteiger partial charge in [0.1, 0.15) is 5.75 Å². The average molecular weight is 441 g/mol. The van der Waals surface area contributed by atoms with Gasteiger partial charge in [-0.3, -0.25) is 4.99 Å². The van der Waals surface area contributed by atoms with E-state index in [-0.39, 0.29) is 0 Å². The van der Waals surface area contributed by atoms with Crippen LogP contribution >= 0.6 is 0 Å². The van der Waals surface area contributed by atoms with Gasteiger partial charge in [-0.2, -0.15) is 0 Å². The van der Waals surface area contributed by atoms with Gasteiger partial charge in [0.15, 0.2) is 5.96 Å². The van der Waals surface area contributed by atoms with Crippen LogP contribution in [0.15, 0.2) is 53.5 Å². The lowest BCUT2D eigenvalue weighted by Crippen LogP contribution is -2.52. The van der Waals surface area contributed by atoms with Crippen molar-refractivity contribution in [1.82, 2.24) is 10.2 Å². The summed E-state index contributed by atoms with van der Waals surface area (Å²) in [6, 6.07) is 16.7. The zero-order chi connectivity index (χ0) is 22.6. The van der Waals surface area contributed by atoms with Crippen LogP contribution in [0.1, 0.15) is 18.1 Å². The van der Waals surface area contributed by atoms with Gasteiger partial charge in [0.25, 0.3) is 0 Å². The molecule has 0 spiro atoms. The third kappa shape index (κ3) is 6.87. The van der Waals surface area contributed by atoms with Crippen LogP contribution in [-0.4, -0.2) is 71.0 Å². The molecule has 0 bridgehead atoms. The van der Waals surface area contributed by atoms with Crippen molar-refractivity contribution in [3.05, 3.63) is 59.7 Å². The number of guanidine groups is 1. The predicted octanol–water partition coefficient (Wildman–Crippen LogP) is 3.15. The summed E-state index contributed by atoms with van der Waals surface area (Å²) in [5.74, 6) is 1.85. The highest BCUT2D eigenvalue weighted by Crippen LogP contribution is 2.28. The second-order valence-electron chi connectivity index (χ2n) is 7.62. The van der Waals surface area contributed by atoms with Crippen LogP contribution in [0.5, 0.6) is 5.75 Å². The fourth-order valence-corrected chi connectivity index (χ4v) is 3.85. The Morgan fingerprint density at radius 1 is 0.969 bits per heavy atom. The van der Waals surface area contributed by atoms with Gasteiger partial charge in [-0.25, -0.2) is 0 Å². The lowest BCUT2D eigenvalue weighted by molar-refractivity contribution is 0.0453. The van der Waals surface area contributed by atoms with Crippen molar-refractivity contribution in [1.29, 1.82) is 0 Å². The molecule has 174 valence electrons. The van der Waals surface area contributed by atoms with Gasteiger partial charge in [0.2, 0.25) is 0 Å². The highest BCUT2D eigenvalue weighted by Gasteiger charge is 2.21. The topological polar surface area (TPSA) is 58.6 Å². The summed E-state index contributed by atoms with van der Waals surface area (Å²) < 4.78 is 16.5. The zero-order valence-electron chi connectivity index (χ0n) is 19.5. The molecule has 0 unspecified atom stereocenters. The van der Waals surface area contributed by atoms with E-state index in [2.05, 4.69) is 56.5 Å². The molecule has 1 aliphatic heterocycles. The van der Waals surface area contributed by atoms with Crippen LogP contribution in [0.25, 0.3) is 0 Å². The molecule has 3 rings (SSSR count). The third-order valence-electron chi connectivity index (χ3n) is 5.50. The van der Waals surface area contributed by atoms with Gasteiger partial charge >= 0.3 is 0 Å². The van der Waals surface area contributed by atoms with Crippen molar-refractivity contribution < 1.29 is 14.2 Å². The number of piperazine rings is 1. The van der Waals surface area contributed by atoms with E-state index < -0.39 is 0 Å². The first-order valence-corrected chi connectivity index (χ1v) is 11.3. The second kappa shape index (κ2) is 12.9. The van der Waals surface area contributed by atoms with Crippen LogP contribution in [0.4, 0.5) is 5.69 Å². The maximum atomic E-state index is 5.69. The normalized spacial score (nSPS) is 14.5. The van der Waals surface area contributed by atoms with E-state index in [1.165, 1.54) is 11.1 Å². The molecule has 0 saturated carbocycles. The molecule has 32 heavy (non-hydrogen) atoms. The Kier molecular flexibility index (Phi) is 9.65. The minimum atomic E-state index is 0.598. The Balaban J connectivity index is 1.48. The van der Waals surface area contributed by atoms with Gasteiger partial charge in [-0.05, 0) is 30.2 Å². The molecule has 1 N–H and O–H groups in total. The highest BCUT2D eigenvalue weighted by molar-refractivity contribution is 5.80. The minimum Gasteiger partial charge on any atom is -0.495 e. The smallest absolute Gasteiger partial charge is 0.194 e. The Labute approximate surface area is 192 Å². The Morgan fingerprint density at radius 3 is 2.47 bits per heavy atom. The second-order valence-corrected chi connectivity index (χ2v) is 7.62. The molecular weight excluding hydrogens is 404 g/mol. The molecule has 1 aliphatic rings. The summed E-state index contributed by atoms with van der Waals surface area (Å²) in [5.41, 5.74) is 3.53. The first-order chi connectivity index (χ1) is 15.7. The van der Waals surface area contributed by atoms with Gasteiger partial charge < -0.3 is 29.3 Å². The van der Waals surface area contributed by atoms with E-state index in [4.69, 9.17) is 14.2 Å². The van der Waals surface area contributed by atoms with Crippen LogP contribution in [-0.2, 0) is 22.6 Å². The molecule has 2 aromatic rings. The maximum absolute atomic E-state index is 5.69. The summed E-state index contributed by atoms with van der Waals surface area (Å²) in [6.45, 7) is 8.96. The van der Waals surface area contributed by atoms with E-state index in [1.54, 1.807) is 7.11 Å². The molecule has 1 saturated heterocycles. The lowest BCUT2D eigenvalue weighted by atomic mass is 10.1. The van der Waals surface area contributed by atoms with Gasteiger partial charge in [0, 0.05) is 46.4 Å². The minimum absolute atomic E-state index is 0.598. The SMILES string of the molecule is CCOCCOCc1cccc(CNC(=NC)N2CCN(c3ccccc3OC)CC2)c1. The van der Waals surface area contributed by atoms with Crippen LogP contribution < -0.4 is 15.0 Å². The standard InChI is InChI=1S/C25H36N4O3/c1-4-31-16-17-32-20-22-9-7-8-21(18-22)19-27-25(26-2)29-14-12-28(13-15-29)23-10-5-6-11-24(23)30-3/h5-11,18H,4,12-17,19-20H2,1-3H3,(H,26,27). The number of methoxy groups -OCH3 is 1. The van der Waals surface area contributed by atoms with Crippen molar-refractivity contribution in [2.75, 3.05) is 65.1 Å². The number of ether oxygens (including phenoxy) is 3. The number of hydrogen-bond donors (Lipinski definition) is 1. The fraction of sp³-hybridized carbons (Fsp3) is 0.480. The van der Waals surface area contributed by atoms with E-state index in [1.807, 2.05) is 26.1 Å². The molecule has 1 heterocycles. The molecule has 2 aromatic carbocycles. The number of aliphatic imine (C=N–C) groups is 1. The van der Waals surface area contributed by atoms with Crippen molar-refractivity contribution in [3.63, 3.8) is 0 Å². The lowest BCUT2D eigenvalue weighted by Gasteiger charge is -2.38. The number of nitrogens with one attached hydrogen (secondary N) is 1. The molecule has 0 atom stereocenters.